The molecule has 0 unspecified atom stereocenters. The highest BCUT2D eigenvalue weighted by Gasteiger charge is 2.27. The molecular formula is C17H23N3OS. The van der Waals surface area contributed by atoms with Gasteiger partial charge in [-0.25, -0.2) is 4.98 Å². The molecule has 1 fully saturated rings. The van der Waals surface area contributed by atoms with Gasteiger partial charge in [0.1, 0.15) is 11.6 Å². The zero-order chi connectivity index (χ0) is 15.5. The van der Waals surface area contributed by atoms with Crippen molar-refractivity contribution in [3.8, 4) is 5.75 Å². The fourth-order valence-electron chi connectivity index (χ4n) is 2.54. The summed E-state index contributed by atoms with van der Waals surface area (Å²) in [5.74, 6) is 4.02. The van der Waals surface area contributed by atoms with E-state index in [4.69, 9.17) is 4.74 Å². The maximum absolute atomic E-state index is 5.82. The van der Waals surface area contributed by atoms with Crippen molar-refractivity contribution in [1.29, 1.82) is 0 Å². The number of hydrogen-bond acceptors (Lipinski definition) is 4. The second-order valence-electron chi connectivity index (χ2n) is 6.15. The van der Waals surface area contributed by atoms with Gasteiger partial charge >= 0.3 is 0 Å². The topological polar surface area (TPSA) is 50.8 Å². The van der Waals surface area contributed by atoms with Gasteiger partial charge in [-0.15, -0.1) is 5.10 Å². The van der Waals surface area contributed by atoms with Gasteiger partial charge in [0.2, 0.25) is 5.16 Å². The van der Waals surface area contributed by atoms with Gasteiger partial charge < -0.3 is 4.74 Å². The van der Waals surface area contributed by atoms with Crippen molar-refractivity contribution in [3.05, 3.63) is 35.2 Å². The van der Waals surface area contributed by atoms with Crippen molar-refractivity contribution in [2.45, 2.75) is 50.6 Å². The van der Waals surface area contributed by atoms with Crippen molar-refractivity contribution in [2.24, 2.45) is 0 Å². The molecule has 0 spiro atoms. The van der Waals surface area contributed by atoms with Crippen LogP contribution in [0.5, 0.6) is 5.75 Å². The number of aromatic nitrogens is 3. The Morgan fingerprint density at radius 3 is 2.86 bits per heavy atom. The summed E-state index contributed by atoms with van der Waals surface area (Å²) in [4.78, 5) is 4.50. The van der Waals surface area contributed by atoms with Crippen LogP contribution < -0.4 is 4.74 Å². The number of aryl methyl sites for hydroxylation is 1. The monoisotopic (exact) mass is 317 g/mol. The summed E-state index contributed by atoms with van der Waals surface area (Å²) in [5, 5.41) is 8.10. The van der Waals surface area contributed by atoms with Crippen LogP contribution in [-0.2, 0) is 0 Å². The minimum Gasteiger partial charge on any atom is -0.493 e. The molecule has 0 radical (unpaired) electrons. The number of nitrogens with zero attached hydrogens (tertiary/aromatic N) is 2. The minimum absolute atomic E-state index is 0.552. The Labute approximate surface area is 136 Å². The zero-order valence-corrected chi connectivity index (χ0v) is 14.2. The van der Waals surface area contributed by atoms with E-state index in [1.54, 1.807) is 11.8 Å². The number of benzene rings is 1. The largest absolute Gasteiger partial charge is 0.493 e. The van der Waals surface area contributed by atoms with E-state index in [1.807, 2.05) is 0 Å². The van der Waals surface area contributed by atoms with Crippen molar-refractivity contribution >= 4 is 11.8 Å². The van der Waals surface area contributed by atoms with Gasteiger partial charge in [0.25, 0.3) is 0 Å². The number of thioether (sulfide) groups is 1. The second-order valence-corrected chi connectivity index (χ2v) is 7.21. The van der Waals surface area contributed by atoms with E-state index >= 15 is 0 Å². The molecule has 1 N–H and O–H groups in total. The zero-order valence-electron chi connectivity index (χ0n) is 13.4. The summed E-state index contributed by atoms with van der Waals surface area (Å²) in [6, 6.07) is 6.35. The lowest BCUT2D eigenvalue weighted by molar-refractivity contribution is 0.343. The molecule has 118 valence electrons. The van der Waals surface area contributed by atoms with Gasteiger partial charge in [0.15, 0.2) is 0 Å². The van der Waals surface area contributed by atoms with Gasteiger partial charge in [0, 0.05) is 11.7 Å². The maximum atomic E-state index is 5.82. The average Bonchev–Trinajstić information content (AvgIpc) is 3.23. The number of hydrogen-bond donors (Lipinski definition) is 1. The fraction of sp³-hybridized carbons (Fsp3) is 0.529. The third kappa shape index (κ3) is 3.83. The first-order chi connectivity index (χ1) is 10.6. The summed E-state index contributed by atoms with van der Waals surface area (Å²) in [6.07, 6.45) is 2.49. The van der Waals surface area contributed by atoms with Gasteiger partial charge in [-0.05, 0) is 48.9 Å². The first-order valence-electron chi connectivity index (χ1n) is 7.92. The van der Waals surface area contributed by atoms with Crippen LogP contribution in [0.25, 0.3) is 0 Å². The highest BCUT2D eigenvalue weighted by molar-refractivity contribution is 7.99. The van der Waals surface area contributed by atoms with Crippen LogP contribution in [0.4, 0.5) is 0 Å². The Bertz CT molecular complexity index is 635. The van der Waals surface area contributed by atoms with Crippen LogP contribution in [0.3, 0.4) is 0 Å². The smallest absolute Gasteiger partial charge is 0.208 e. The molecule has 5 heteroatoms. The SMILES string of the molecule is Cc1cc(OCCSc2n[nH]c(C3CC3)n2)ccc1C(C)C. The predicted molar refractivity (Wildman–Crippen MR) is 89.8 cm³/mol. The van der Waals surface area contributed by atoms with E-state index in [-0.39, 0.29) is 0 Å². The molecule has 0 bridgehead atoms. The van der Waals surface area contributed by atoms with Gasteiger partial charge in [0.05, 0.1) is 6.61 Å². The molecular weight excluding hydrogens is 294 g/mol. The molecule has 3 rings (SSSR count). The number of nitrogens with one attached hydrogen (secondary N) is 1. The molecule has 1 aliphatic rings. The molecule has 22 heavy (non-hydrogen) atoms. The molecule has 0 aliphatic heterocycles. The van der Waals surface area contributed by atoms with Crippen LogP contribution >= 0.6 is 11.8 Å². The Morgan fingerprint density at radius 1 is 1.36 bits per heavy atom. The van der Waals surface area contributed by atoms with Crippen molar-refractivity contribution in [3.63, 3.8) is 0 Å². The molecule has 0 saturated heterocycles. The van der Waals surface area contributed by atoms with Crippen molar-refractivity contribution in [1.82, 2.24) is 15.2 Å². The van der Waals surface area contributed by atoms with Gasteiger partial charge in [-0.3, -0.25) is 5.10 Å². The summed E-state index contributed by atoms with van der Waals surface area (Å²) < 4.78 is 5.82. The molecule has 0 atom stereocenters. The Balaban J connectivity index is 1.45. The summed E-state index contributed by atoms with van der Waals surface area (Å²) in [7, 11) is 0. The van der Waals surface area contributed by atoms with E-state index in [0.29, 0.717) is 18.4 Å². The van der Waals surface area contributed by atoms with Crippen LogP contribution in [0, 0.1) is 6.92 Å². The van der Waals surface area contributed by atoms with Crippen molar-refractivity contribution in [2.75, 3.05) is 12.4 Å². The molecule has 1 saturated carbocycles. The second kappa shape index (κ2) is 6.73. The maximum Gasteiger partial charge on any atom is 0.208 e. The third-order valence-corrected chi connectivity index (χ3v) is 4.70. The normalized spacial score (nSPS) is 14.5. The van der Waals surface area contributed by atoms with Crippen molar-refractivity contribution < 1.29 is 4.74 Å². The Hall–Kier alpha value is -1.49. The number of rotatable bonds is 7. The summed E-state index contributed by atoms with van der Waals surface area (Å²) in [6.45, 7) is 7.24. The van der Waals surface area contributed by atoms with Crippen LogP contribution in [0.15, 0.2) is 23.4 Å². The van der Waals surface area contributed by atoms with E-state index in [0.717, 1.165) is 22.5 Å². The van der Waals surface area contributed by atoms with Gasteiger partial charge in [-0.2, -0.15) is 0 Å². The Kier molecular flexibility index (Phi) is 4.71. The molecule has 1 heterocycles. The molecule has 2 aromatic rings. The number of ether oxygens (including phenoxy) is 1. The van der Waals surface area contributed by atoms with E-state index in [1.165, 1.54) is 24.0 Å². The lowest BCUT2D eigenvalue weighted by Gasteiger charge is -2.12. The predicted octanol–water partition coefficient (Wildman–Crippen LogP) is 4.29. The Morgan fingerprint density at radius 2 is 2.18 bits per heavy atom. The molecule has 1 aromatic carbocycles. The van der Waals surface area contributed by atoms with E-state index in [2.05, 4.69) is 54.2 Å². The molecule has 4 nitrogen and oxygen atoms in total. The fourth-order valence-corrected chi connectivity index (χ4v) is 3.16. The standard InChI is InChI=1S/C17H23N3OS/c1-11(2)15-7-6-14(10-12(15)3)21-8-9-22-17-18-16(19-20-17)13-4-5-13/h6-7,10-11,13H,4-5,8-9H2,1-3H3,(H,18,19,20). The van der Waals surface area contributed by atoms with E-state index < -0.39 is 0 Å². The number of aromatic amines is 1. The first-order valence-corrected chi connectivity index (χ1v) is 8.90. The molecule has 1 aromatic heterocycles. The summed E-state index contributed by atoms with van der Waals surface area (Å²) in [5.41, 5.74) is 2.68. The average molecular weight is 317 g/mol. The van der Waals surface area contributed by atoms with Gasteiger partial charge in [-0.1, -0.05) is 31.7 Å². The molecule has 0 amide bonds. The van der Waals surface area contributed by atoms with E-state index in [9.17, 15) is 0 Å². The summed E-state index contributed by atoms with van der Waals surface area (Å²) >= 11 is 1.64. The molecule has 1 aliphatic carbocycles. The van der Waals surface area contributed by atoms with Crippen LogP contribution in [0.2, 0.25) is 0 Å². The quantitative estimate of drug-likeness (QED) is 0.611. The number of H-pyrrole nitrogens is 1. The third-order valence-electron chi connectivity index (χ3n) is 3.89. The van der Waals surface area contributed by atoms with Crippen LogP contribution in [-0.4, -0.2) is 27.5 Å². The minimum atomic E-state index is 0.552. The lowest BCUT2D eigenvalue weighted by Crippen LogP contribution is -2.01. The van der Waals surface area contributed by atoms with Crippen LogP contribution in [0.1, 0.15) is 55.5 Å². The first kappa shape index (κ1) is 15.4. The highest BCUT2D eigenvalue weighted by Crippen LogP contribution is 2.38. The highest BCUT2D eigenvalue weighted by atomic mass is 32.2. The lowest BCUT2D eigenvalue weighted by atomic mass is 9.98.